The first-order chi connectivity index (χ1) is 8.50. The third kappa shape index (κ3) is 1.36. The van der Waals surface area contributed by atoms with E-state index in [0.717, 1.165) is 16.7 Å². The summed E-state index contributed by atoms with van der Waals surface area (Å²) in [4.78, 5) is 23.8. The Morgan fingerprint density at radius 3 is 2.67 bits per heavy atom. The number of rotatable bonds is 0. The van der Waals surface area contributed by atoms with Crippen LogP contribution in [0, 0.1) is 17.8 Å². The fourth-order valence-electron chi connectivity index (χ4n) is 3.29. The summed E-state index contributed by atoms with van der Waals surface area (Å²) >= 11 is 0. The Bertz CT molecular complexity index is 536. The minimum Gasteiger partial charge on any atom is -0.460 e. The first kappa shape index (κ1) is 11.5. The van der Waals surface area contributed by atoms with E-state index in [9.17, 15) is 9.59 Å². The van der Waals surface area contributed by atoms with Crippen molar-refractivity contribution in [2.24, 2.45) is 17.8 Å². The van der Waals surface area contributed by atoms with Gasteiger partial charge in [-0.3, -0.25) is 9.59 Å². The van der Waals surface area contributed by atoms with Gasteiger partial charge in [0.05, 0.1) is 5.92 Å². The maximum Gasteiger partial charge on any atom is 0.309 e. The number of hydrogen-bond acceptors (Lipinski definition) is 3. The minimum atomic E-state index is -0.209. The van der Waals surface area contributed by atoms with Gasteiger partial charge in [0.15, 0.2) is 5.78 Å². The molecular weight excluding hydrogens is 228 g/mol. The summed E-state index contributed by atoms with van der Waals surface area (Å²) in [6, 6.07) is 0. The Hall–Kier alpha value is -1.64. The van der Waals surface area contributed by atoms with Crippen molar-refractivity contribution in [1.29, 1.82) is 0 Å². The second-order valence-electron chi connectivity index (χ2n) is 5.45. The number of allylic oxidation sites excluding steroid dienone is 3. The Morgan fingerprint density at radius 2 is 1.94 bits per heavy atom. The third-order valence-electron chi connectivity index (χ3n) is 4.33. The molecule has 0 aromatic rings. The van der Waals surface area contributed by atoms with Crippen molar-refractivity contribution in [2.75, 3.05) is 0 Å². The average molecular weight is 244 g/mol. The van der Waals surface area contributed by atoms with Crippen molar-refractivity contribution in [2.45, 2.75) is 26.9 Å². The van der Waals surface area contributed by atoms with Gasteiger partial charge in [0, 0.05) is 17.4 Å². The lowest BCUT2D eigenvalue weighted by atomic mass is 9.81. The van der Waals surface area contributed by atoms with E-state index in [1.807, 2.05) is 32.9 Å². The van der Waals surface area contributed by atoms with Crippen molar-refractivity contribution in [3.63, 3.8) is 0 Å². The third-order valence-corrected chi connectivity index (χ3v) is 4.33. The topological polar surface area (TPSA) is 43.4 Å². The Labute approximate surface area is 106 Å². The fraction of sp³-hybridized carbons (Fsp3) is 0.467. The summed E-state index contributed by atoms with van der Waals surface area (Å²) in [5.74, 6) is -0.186. The lowest BCUT2D eigenvalue weighted by molar-refractivity contribution is -0.144. The zero-order valence-corrected chi connectivity index (χ0v) is 10.8. The standard InChI is InChI=1S/C15H16O3/c1-7-4-5-10-9(3)15(17)18-14(10)13-8(2)6-11(16)12(7)13/h4-6,9-10,13-14H,1-3H3/t9-,10-,13-,14-/m1/s1. The smallest absolute Gasteiger partial charge is 0.309 e. The maximum absolute atomic E-state index is 12.0. The molecule has 3 rings (SSSR count). The highest BCUT2D eigenvalue weighted by Gasteiger charge is 2.49. The summed E-state index contributed by atoms with van der Waals surface area (Å²) in [6.07, 6.45) is 5.47. The van der Waals surface area contributed by atoms with E-state index in [-0.39, 0.29) is 35.6 Å². The fourth-order valence-corrected chi connectivity index (χ4v) is 3.29. The van der Waals surface area contributed by atoms with Crippen LogP contribution in [0.4, 0.5) is 0 Å². The van der Waals surface area contributed by atoms with Crippen LogP contribution in [0.3, 0.4) is 0 Å². The quantitative estimate of drug-likeness (QED) is 0.613. The molecule has 0 radical (unpaired) electrons. The van der Waals surface area contributed by atoms with Crippen LogP contribution in [0.15, 0.2) is 34.9 Å². The summed E-state index contributed by atoms with van der Waals surface area (Å²) in [5, 5.41) is 0. The van der Waals surface area contributed by atoms with E-state index in [2.05, 4.69) is 0 Å². The summed E-state index contributed by atoms with van der Waals surface area (Å²) < 4.78 is 5.52. The lowest BCUT2D eigenvalue weighted by Gasteiger charge is -2.23. The molecule has 4 atom stereocenters. The Morgan fingerprint density at radius 1 is 1.22 bits per heavy atom. The largest absolute Gasteiger partial charge is 0.460 e. The van der Waals surface area contributed by atoms with Gasteiger partial charge in [-0.1, -0.05) is 24.6 Å². The Balaban J connectivity index is 2.12. The zero-order valence-electron chi connectivity index (χ0n) is 10.8. The number of esters is 1. The first-order valence-corrected chi connectivity index (χ1v) is 6.32. The highest BCUT2D eigenvalue weighted by Crippen LogP contribution is 2.45. The second kappa shape index (κ2) is 3.67. The molecule has 1 aliphatic heterocycles. The number of fused-ring (bicyclic) bond motifs is 3. The number of carbonyl (C=O) groups excluding carboxylic acids is 2. The number of ether oxygens (including phenoxy) is 1. The van der Waals surface area contributed by atoms with Crippen LogP contribution < -0.4 is 0 Å². The molecule has 3 nitrogen and oxygen atoms in total. The molecule has 0 spiro atoms. The average Bonchev–Trinajstić information content (AvgIpc) is 2.68. The van der Waals surface area contributed by atoms with Gasteiger partial charge in [0.25, 0.3) is 0 Å². The van der Waals surface area contributed by atoms with Crippen molar-refractivity contribution in [1.82, 2.24) is 0 Å². The van der Waals surface area contributed by atoms with E-state index >= 15 is 0 Å². The zero-order chi connectivity index (χ0) is 13.0. The van der Waals surface area contributed by atoms with Crippen molar-refractivity contribution >= 4 is 11.8 Å². The van der Waals surface area contributed by atoms with E-state index < -0.39 is 0 Å². The van der Waals surface area contributed by atoms with Gasteiger partial charge in [-0.2, -0.15) is 0 Å². The van der Waals surface area contributed by atoms with Gasteiger partial charge in [-0.25, -0.2) is 0 Å². The van der Waals surface area contributed by atoms with Crippen LogP contribution in [0.5, 0.6) is 0 Å². The van der Waals surface area contributed by atoms with Gasteiger partial charge in [-0.15, -0.1) is 0 Å². The van der Waals surface area contributed by atoms with E-state index in [1.165, 1.54) is 0 Å². The summed E-state index contributed by atoms with van der Waals surface area (Å²) in [6.45, 7) is 5.80. The normalized spacial score (nSPS) is 38.3. The molecule has 0 saturated carbocycles. The predicted molar refractivity (Wildman–Crippen MR) is 66.6 cm³/mol. The summed E-state index contributed by atoms with van der Waals surface area (Å²) in [5.41, 5.74) is 2.81. The predicted octanol–water partition coefficient (Wildman–Crippen LogP) is 2.20. The van der Waals surface area contributed by atoms with Gasteiger partial charge < -0.3 is 4.74 Å². The molecule has 0 aromatic carbocycles. The van der Waals surface area contributed by atoms with Gasteiger partial charge >= 0.3 is 5.97 Å². The SMILES string of the molecule is CC1=CC(=O)C2=C(C)C=C[C@H]3[C@@H](OC(=O)[C@@H]3C)[C@H]12. The van der Waals surface area contributed by atoms with Gasteiger partial charge in [0.2, 0.25) is 0 Å². The maximum atomic E-state index is 12.0. The molecule has 94 valence electrons. The van der Waals surface area contributed by atoms with Crippen LogP contribution in [-0.4, -0.2) is 17.9 Å². The highest BCUT2D eigenvalue weighted by atomic mass is 16.6. The van der Waals surface area contributed by atoms with Crippen LogP contribution >= 0.6 is 0 Å². The van der Waals surface area contributed by atoms with Gasteiger partial charge in [0.1, 0.15) is 6.10 Å². The molecule has 1 saturated heterocycles. The molecule has 0 N–H and O–H groups in total. The number of carbonyl (C=O) groups is 2. The van der Waals surface area contributed by atoms with E-state index in [4.69, 9.17) is 4.74 Å². The lowest BCUT2D eigenvalue weighted by Crippen LogP contribution is -2.27. The van der Waals surface area contributed by atoms with Crippen molar-refractivity contribution in [3.05, 3.63) is 34.9 Å². The molecular formula is C15H16O3. The minimum absolute atomic E-state index is 0.0496. The van der Waals surface area contributed by atoms with Crippen LogP contribution in [0.25, 0.3) is 0 Å². The molecule has 3 heteroatoms. The molecule has 0 amide bonds. The molecule has 0 aromatic heterocycles. The Kier molecular flexibility index (Phi) is 2.34. The monoisotopic (exact) mass is 244 g/mol. The molecule has 1 heterocycles. The first-order valence-electron chi connectivity index (χ1n) is 6.32. The molecule has 2 aliphatic carbocycles. The van der Waals surface area contributed by atoms with E-state index in [1.54, 1.807) is 6.08 Å². The molecule has 0 bridgehead atoms. The van der Waals surface area contributed by atoms with Crippen LogP contribution in [0.1, 0.15) is 20.8 Å². The van der Waals surface area contributed by atoms with Gasteiger partial charge in [-0.05, 0) is 25.5 Å². The summed E-state index contributed by atoms with van der Waals surface area (Å²) in [7, 11) is 0. The molecule has 0 unspecified atom stereocenters. The molecule has 3 aliphatic rings. The van der Waals surface area contributed by atoms with E-state index in [0.29, 0.717) is 0 Å². The second-order valence-corrected chi connectivity index (χ2v) is 5.45. The van der Waals surface area contributed by atoms with Crippen LogP contribution in [0.2, 0.25) is 0 Å². The molecule has 18 heavy (non-hydrogen) atoms. The van der Waals surface area contributed by atoms with Crippen molar-refractivity contribution < 1.29 is 14.3 Å². The van der Waals surface area contributed by atoms with Crippen LogP contribution in [-0.2, 0) is 14.3 Å². The number of hydrogen-bond donors (Lipinski definition) is 0. The number of ketones is 1. The van der Waals surface area contributed by atoms with Crippen molar-refractivity contribution in [3.8, 4) is 0 Å². The molecule has 1 fully saturated rings. The highest BCUT2D eigenvalue weighted by molar-refractivity contribution is 6.09.